The van der Waals surface area contributed by atoms with E-state index in [0.717, 1.165) is 17.0 Å². The quantitative estimate of drug-likeness (QED) is 0.704. The molecule has 130 valence electrons. The van der Waals surface area contributed by atoms with Crippen molar-refractivity contribution in [1.29, 1.82) is 0 Å². The number of nitrogen functional groups attached to an aromatic ring is 1. The molecule has 3 N–H and O–H groups in total. The lowest BCUT2D eigenvalue weighted by atomic mass is 10.1. The molecule has 0 spiro atoms. The summed E-state index contributed by atoms with van der Waals surface area (Å²) in [6, 6.07) is 5.34. The third kappa shape index (κ3) is 3.68. The number of nitrogens with one attached hydrogen (secondary N) is 1. The molecule has 0 aromatic carbocycles. The van der Waals surface area contributed by atoms with Crippen molar-refractivity contribution >= 4 is 11.6 Å². The van der Waals surface area contributed by atoms with Crippen molar-refractivity contribution in [3.05, 3.63) is 41.3 Å². The molecule has 3 aromatic rings. The van der Waals surface area contributed by atoms with Gasteiger partial charge in [-0.2, -0.15) is 4.98 Å². The standard InChI is InChI=1S/C17H20N6O2/c1-4-24-15-7-8-19-17(22-15)20-9-12-10(2)23-25-16(12)14-6-5-13(18)11(3)21-14/h5-8H,4,9,18H2,1-3H3,(H,19,20,22). The van der Waals surface area contributed by atoms with E-state index in [2.05, 4.69) is 25.4 Å². The average molecular weight is 340 g/mol. The Morgan fingerprint density at radius 2 is 2.00 bits per heavy atom. The van der Waals surface area contributed by atoms with Crippen molar-refractivity contribution < 1.29 is 9.26 Å². The number of pyridine rings is 1. The molecule has 8 heteroatoms. The number of aryl methyl sites for hydroxylation is 2. The lowest BCUT2D eigenvalue weighted by molar-refractivity contribution is 0.326. The number of rotatable bonds is 6. The summed E-state index contributed by atoms with van der Waals surface area (Å²) in [6.45, 7) is 6.64. The maximum absolute atomic E-state index is 5.83. The first-order chi connectivity index (χ1) is 12.1. The van der Waals surface area contributed by atoms with Crippen LogP contribution in [0.4, 0.5) is 11.6 Å². The van der Waals surface area contributed by atoms with Gasteiger partial charge in [0.15, 0.2) is 5.76 Å². The van der Waals surface area contributed by atoms with Crippen LogP contribution in [-0.2, 0) is 6.54 Å². The summed E-state index contributed by atoms with van der Waals surface area (Å²) in [5.41, 5.74) is 9.58. The molecule has 8 nitrogen and oxygen atoms in total. The van der Waals surface area contributed by atoms with Crippen LogP contribution in [0.5, 0.6) is 5.88 Å². The van der Waals surface area contributed by atoms with Crippen LogP contribution < -0.4 is 15.8 Å². The highest BCUT2D eigenvalue weighted by atomic mass is 16.5. The third-order valence-corrected chi connectivity index (χ3v) is 3.69. The summed E-state index contributed by atoms with van der Waals surface area (Å²) >= 11 is 0. The predicted molar refractivity (Wildman–Crippen MR) is 94.1 cm³/mol. The highest BCUT2D eigenvalue weighted by molar-refractivity contribution is 5.61. The molecular formula is C17H20N6O2. The monoisotopic (exact) mass is 340 g/mol. The van der Waals surface area contributed by atoms with Crippen molar-refractivity contribution in [3.8, 4) is 17.3 Å². The number of nitrogens with zero attached hydrogens (tertiary/aromatic N) is 4. The first kappa shape index (κ1) is 16.7. The number of nitrogens with two attached hydrogens (primary N) is 1. The van der Waals surface area contributed by atoms with Gasteiger partial charge in [0.2, 0.25) is 11.8 Å². The summed E-state index contributed by atoms with van der Waals surface area (Å²) in [4.78, 5) is 13.0. The molecule has 0 saturated heterocycles. The zero-order chi connectivity index (χ0) is 17.8. The van der Waals surface area contributed by atoms with Gasteiger partial charge < -0.3 is 20.3 Å². The Bertz CT molecular complexity index is 877. The maximum atomic E-state index is 5.83. The van der Waals surface area contributed by atoms with E-state index in [1.807, 2.05) is 26.8 Å². The second-order valence-electron chi connectivity index (χ2n) is 5.45. The molecule has 0 aliphatic rings. The molecule has 3 aromatic heterocycles. The summed E-state index contributed by atoms with van der Waals surface area (Å²) in [5, 5.41) is 7.22. The van der Waals surface area contributed by atoms with Gasteiger partial charge in [-0.05, 0) is 32.9 Å². The lowest BCUT2D eigenvalue weighted by Crippen LogP contribution is -2.06. The predicted octanol–water partition coefficient (Wildman–Crippen LogP) is 2.74. The van der Waals surface area contributed by atoms with Crippen LogP contribution in [0, 0.1) is 13.8 Å². The number of anilines is 2. The fourth-order valence-corrected chi connectivity index (χ4v) is 2.32. The van der Waals surface area contributed by atoms with Crippen molar-refractivity contribution in [2.24, 2.45) is 0 Å². The third-order valence-electron chi connectivity index (χ3n) is 3.69. The van der Waals surface area contributed by atoms with Crippen LogP contribution in [0.2, 0.25) is 0 Å². The van der Waals surface area contributed by atoms with Gasteiger partial charge in [0.05, 0.1) is 23.7 Å². The highest BCUT2D eigenvalue weighted by Crippen LogP contribution is 2.26. The SMILES string of the molecule is CCOc1ccnc(NCc2c(C)noc2-c2ccc(N)c(C)n2)n1. The summed E-state index contributed by atoms with van der Waals surface area (Å²) in [5.74, 6) is 1.60. The van der Waals surface area contributed by atoms with E-state index in [1.54, 1.807) is 18.3 Å². The Morgan fingerprint density at radius 1 is 1.16 bits per heavy atom. The van der Waals surface area contributed by atoms with Crippen LogP contribution in [0.25, 0.3) is 11.5 Å². The summed E-state index contributed by atoms with van der Waals surface area (Å²) in [6.07, 6.45) is 1.65. The molecule has 25 heavy (non-hydrogen) atoms. The molecule has 0 aliphatic carbocycles. The lowest BCUT2D eigenvalue weighted by Gasteiger charge is -2.07. The van der Waals surface area contributed by atoms with Gasteiger partial charge >= 0.3 is 0 Å². The normalized spacial score (nSPS) is 10.7. The van der Waals surface area contributed by atoms with Gasteiger partial charge in [-0.1, -0.05) is 5.16 Å². The molecule has 0 atom stereocenters. The highest BCUT2D eigenvalue weighted by Gasteiger charge is 2.17. The van der Waals surface area contributed by atoms with E-state index in [1.165, 1.54) is 0 Å². The largest absolute Gasteiger partial charge is 0.478 e. The van der Waals surface area contributed by atoms with E-state index in [9.17, 15) is 0 Å². The molecule has 0 fully saturated rings. The van der Waals surface area contributed by atoms with E-state index in [4.69, 9.17) is 15.0 Å². The number of aromatic nitrogens is 4. The summed E-state index contributed by atoms with van der Waals surface area (Å²) in [7, 11) is 0. The molecule has 0 aliphatic heterocycles. The first-order valence-electron chi connectivity index (χ1n) is 7.96. The molecule has 3 heterocycles. The fourth-order valence-electron chi connectivity index (χ4n) is 2.32. The minimum Gasteiger partial charge on any atom is -0.478 e. The van der Waals surface area contributed by atoms with Gasteiger partial charge in [-0.3, -0.25) is 0 Å². The van der Waals surface area contributed by atoms with Crippen molar-refractivity contribution in [3.63, 3.8) is 0 Å². The van der Waals surface area contributed by atoms with Gasteiger partial charge in [-0.25, -0.2) is 9.97 Å². The van der Waals surface area contributed by atoms with Gasteiger partial charge in [-0.15, -0.1) is 0 Å². The van der Waals surface area contributed by atoms with Gasteiger partial charge in [0.25, 0.3) is 0 Å². The Hall–Kier alpha value is -3.16. The van der Waals surface area contributed by atoms with Gasteiger partial charge in [0.1, 0.15) is 5.69 Å². The smallest absolute Gasteiger partial charge is 0.226 e. The fraction of sp³-hybridized carbons (Fsp3) is 0.294. The zero-order valence-corrected chi connectivity index (χ0v) is 14.4. The van der Waals surface area contributed by atoms with Crippen LogP contribution in [0.3, 0.4) is 0 Å². The van der Waals surface area contributed by atoms with Crippen LogP contribution in [-0.4, -0.2) is 26.7 Å². The van der Waals surface area contributed by atoms with Crippen LogP contribution in [0.1, 0.15) is 23.9 Å². The van der Waals surface area contributed by atoms with E-state index in [-0.39, 0.29) is 0 Å². The first-order valence-corrected chi connectivity index (χ1v) is 7.96. The molecule has 0 amide bonds. The average Bonchev–Trinajstić information content (AvgIpc) is 2.97. The Labute approximate surface area is 145 Å². The minimum atomic E-state index is 0.450. The van der Waals surface area contributed by atoms with Crippen molar-refractivity contribution in [2.75, 3.05) is 17.7 Å². The number of ether oxygens (including phenoxy) is 1. The Balaban J connectivity index is 1.82. The molecule has 0 bridgehead atoms. The maximum Gasteiger partial charge on any atom is 0.226 e. The van der Waals surface area contributed by atoms with Crippen LogP contribution >= 0.6 is 0 Å². The molecule has 0 unspecified atom stereocenters. The van der Waals surface area contributed by atoms with E-state index >= 15 is 0 Å². The molecule has 0 saturated carbocycles. The second kappa shape index (κ2) is 7.16. The van der Waals surface area contributed by atoms with E-state index in [0.29, 0.717) is 42.1 Å². The van der Waals surface area contributed by atoms with Crippen molar-refractivity contribution in [2.45, 2.75) is 27.3 Å². The minimum absolute atomic E-state index is 0.450. The van der Waals surface area contributed by atoms with Crippen LogP contribution in [0.15, 0.2) is 28.9 Å². The Morgan fingerprint density at radius 3 is 2.76 bits per heavy atom. The van der Waals surface area contributed by atoms with Gasteiger partial charge in [0, 0.05) is 24.4 Å². The number of hydrogen-bond acceptors (Lipinski definition) is 8. The number of hydrogen-bond donors (Lipinski definition) is 2. The topological polar surface area (TPSA) is 112 Å². The molecule has 0 radical (unpaired) electrons. The zero-order valence-electron chi connectivity index (χ0n) is 14.4. The van der Waals surface area contributed by atoms with E-state index < -0.39 is 0 Å². The Kier molecular flexibility index (Phi) is 4.78. The second-order valence-corrected chi connectivity index (χ2v) is 5.45. The molecular weight excluding hydrogens is 320 g/mol. The summed E-state index contributed by atoms with van der Waals surface area (Å²) < 4.78 is 10.8. The molecule has 3 rings (SSSR count). The van der Waals surface area contributed by atoms with Crippen molar-refractivity contribution in [1.82, 2.24) is 20.1 Å².